The van der Waals surface area contributed by atoms with Gasteiger partial charge in [-0.15, -0.1) is 12.4 Å². The van der Waals surface area contributed by atoms with E-state index in [0.29, 0.717) is 26.2 Å². The third-order valence-electron chi connectivity index (χ3n) is 3.69. The number of hydrogen-bond acceptors (Lipinski definition) is 3. The molecule has 0 aliphatic heterocycles. The van der Waals surface area contributed by atoms with Crippen LogP contribution < -0.4 is 5.32 Å². The Labute approximate surface area is 150 Å². The van der Waals surface area contributed by atoms with Gasteiger partial charge in [0.1, 0.15) is 0 Å². The third kappa shape index (κ3) is 5.96. The highest BCUT2D eigenvalue weighted by molar-refractivity contribution is 5.85. The van der Waals surface area contributed by atoms with E-state index in [2.05, 4.69) is 29.6 Å². The second-order valence-corrected chi connectivity index (χ2v) is 5.44. The standard InChI is InChI=1S/C19H24N2O2.ClH/c1-21(19(22)14-20-12-13-23-2)15-17-10-6-7-11-18(17)16-8-4-3-5-9-16;/h3-11,20H,12-15H2,1-2H3;1H. The van der Waals surface area contributed by atoms with Gasteiger partial charge in [0.2, 0.25) is 5.91 Å². The summed E-state index contributed by atoms with van der Waals surface area (Å²) in [5.74, 6) is 0.0731. The van der Waals surface area contributed by atoms with E-state index in [9.17, 15) is 4.79 Å². The maximum atomic E-state index is 12.2. The largest absolute Gasteiger partial charge is 0.383 e. The Balaban J connectivity index is 0.00000288. The predicted octanol–water partition coefficient (Wildman–Crippen LogP) is 2.97. The third-order valence-corrected chi connectivity index (χ3v) is 3.69. The van der Waals surface area contributed by atoms with Crippen LogP contribution in [0, 0.1) is 0 Å². The number of methoxy groups -OCH3 is 1. The van der Waals surface area contributed by atoms with Gasteiger partial charge in [0, 0.05) is 27.2 Å². The predicted molar refractivity (Wildman–Crippen MR) is 100 cm³/mol. The van der Waals surface area contributed by atoms with Crippen LogP contribution in [0.2, 0.25) is 0 Å². The summed E-state index contributed by atoms with van der Waals surface area (Å²) < 4.78 is 4.96. The highest BCUT2D eigenvalue weighted by Crippen LogP contribution is 2.24. The lowest BCUT2D eigenvalue weighted by Gasteiger charge is -2.20. The zero-order valence-corrected chi connectivity index (χ0v) is 15.0. The number of carbonyl (C=O) groups is 1. The van der Waals surface area contributed by atoms with Crippen LogP contribution in [0.1, 0.15) is 5.56 Å². The van der Waals surface area contributed by atoms with E-state index < -0.39 is 0 Å². The van der Waals surface area contributed by atoms with Crippen molar-refractivity contribution in [1.82, 2.24) is 10.2 Å². The quantitative estimate of drug-likeness (QED) is 0.746. The van der Waals surface area contributed by atoms with E-state index in [1.807, 2.05) is 37.4 Å². The average molecular weight is 349 g/mol. The highest BCUT2D eigenvalue weighted by atomic mass is 35.5. The minimum atomic E-state index is 0. The Morgan fingerprint density at radius 3 is 2.46 bits per heavy atom. The van der Waals surface area contributed by atoms with Crippen LogP contribution in [0.25, 0.3) is 11.1 Å². The van der Waals surface area contributed by atoms with Gasteiger partial charge in [0.15, 0.2) is 0 Å². The maximum absolute atomic E-state index is 12.2. The van der Waals surface area contributed by atoms with E-state index in [4.69, 9.17) is 4.74 Å². The SMILES string of the molecule is COCCNCC(=O)N(C)Cc1ccccc1-c1ccccc1.Cl. The van der Waals surface area contributed by atoms with Gasteiger partial charge in [-0.2, -0.15) is 0 Å². The lowest BCUT2D eigenvalue weighted by molar-refractivity contribution is -0.129. The van der Waals surface area contributed by atoms with E-state index in [1.54, 1.807) is 12.0 Å². The van der Waals surface area contributed by atoms with Gasteiger partial charge in [0.05, 0.1) is 13.2 Å². The molecule has 0 aliphatic carbocycles. The van der Waals surface area contributed by atoms with Crippen molar-refractivity contribution >= 4 is 18.3 Å². The Hall–Kier alpha value is -1.88. The molecule has 0 bridgehead atoms. The van der Waals surface area contributed by atoms with Crippen LogP contribution in [0.5, 0.6) is 0 Å². The van der Waals surface area contributed by atoms with Gasteiger partial charge in [-0.1, -0.05) is 54.6 Å². The minimum absolute atomic E-state index is 0. The summed E-state index contributed by atoms with van der Waals surface area (Å²) in [6.45, 7) is 2.20. The molecule has 0 unspecified atom stereocenters. The summed E-state index contributed by atoms with van der Waals surface area (Å²) >= 11 is 0. The second kappa shape index (κ2) is 10.8. The lowest BCUT2D eigenvalue weighted by Crippen LogP contribution is -2.36. The molecule has 4 nitrogen and oxygen atoms in total. The lowest BCUT2D eigenvalue weighted by atomic mass is 9.99. The van der Waals surface area contributed by atoms with E-state index in [0.717, 1.165) is 5.56 Å². The van der Waals surface area contributed by atoms with Gasteiger partial charge in [0.25, 0.3) is 0 Å². The molecule has 0 saturated heterocycles. The molecule has 1 N–H and O–H groups in total. The fourth-order valence-corrected chi connectivity index (χ4v) is 2.41. The molecule has 0 heterocycles. The molecule has 24 heavy (non-hydrogen) atoms. The molecule has 0 aliphatic rings. The number of carbonyl (C=O) groups excluding carboxylic acids is 1. The van der Waals surface area contributed by atoms with Crippen LogP contribution in [0.3, 0.4) is 0 Å². The number of rotatable bonds is 8. The number of nitrogens with zero attached hydrogens (tertiary/aromatic N) is 1. The van der Waals surface area contributed by atoms with Crippen LogP contribution >= 0.6 is 12.4 Å². The Morgan fingerprint density at radius 2 is 1.75 bits per heavy atom. The molecule has 0 saturated carbocycles. The zero-order chi connectivity index (χ0) is 16.5. The summed E-state index contributed by atoms with van der Waals surface area (Å²) in [6, 6.07) is 18.5. The monoisotopic (exact) mass is 348 g/mol. The van der Waals surface area contributed by atoms with Crippen molar-refractivity contribution in [1.29, 1.82) is 0 Å². The van der Waals surface area contributed by atoms with Crippen molar-refractivity contribution in [3.63, 3.8) is 0 Å². The van der Waals surface area contributed by atoms with Gasteiger partial charge < -0.3 is 15.0 Å². The van der Waals surface area contributed by atoms with Gasteiger partial charge in [-0.05, 0) is 16.7 Å². The molecular formula is C19H25ClN2O2. The zero-order valence-electron chi connectivity index (χ0n) is 14.2. The van der Waals surface area contributed by atoms with E-state index in [-0.39, 0.29) is 18.3 Å². The fraction of sp³-hybridized carbons (Fsp3) is 0.316. The second-order valence-electron chi connectivity index (χ2n) is 5.44. The van der Waals surface area contributed by atoms with Crippen LogP contribution in [0.15, 0.2) is 54.6 Å². The number of halogens is 1. The first-order valence-corrected chi connectivity index (χ1v) is 7.79. The van der Waals surface area contributed by atoms with Crippen molar-refractivity contribution in [3.05, 3.63) is 60.2 Å². The number of nitrogens with one attached hydrogen (secondary N) is 1. The summed E-state index contributed by atoms with van der Waals surface area (Å²) in [5.41, 5.74) is 3.48. The van der Waals surface area contributed by atoms with Crippen molar-refractivity contribution in [2.75, 3.05) is 33.9 Å². The number of hydrogen-bond donors (Lipinski definition) is 1. The molecule has 0 aromatic heterocycles. The van der Waals surface area contributed by atoms with Crippen molar-refractivity contribution < 1.29 is 9.53 Å². The molecular weight excluding hydrogens is 324 g/mol. The van der Waals surface area contributed by atoms with E-state index >= 15 is 0 Å². The smallest absolute Gasteiger partial charge is 0.236 e. The highest BCUT2D eigenvalue weighted by Gasteiger charge is 2.11. The van der Waals surface area contributed by atoms with E-state index in [1.165, 1.54) is 11.1 Å². The molecule has 1 amide bonds. The molecule has 0 radical (unpaired) electrons. The van der Waals surface area contributed by atoms with Crippen molar-refractivity contribution in [3.8, 4) is 11.1 Å². The van der Waals surface area contributed by atoms with Crippen LogP contribution in [-0.2, 0) is 16.1 Å². The molecule has 0 fully saturated rings. The Morgan fingerprint density at radius 1 is 1.08 bits per heavy atom. The number of likely N-dealkylation sites (N-methyl/N-ethyl adjacent to an activating group) is 1. The maximum Gasteiger partial charge on any atom is 0.236 e. The van der Waals surface area contributed by atoms with Crippen LogP contribution in [0.4, 0.5) is 0 Å². The van der Waals surface area contributed by atoms with Gasteiger partial charge in [-0.25, -0.2) is 0 Å². The number of benzene rings is 2. The van der Waals surface area contributed by atoms with Gasteiger partial charge >= 0.3 is 0 Å². The summed E-state index contributed by atoms with van der Waals surface area (Å²) in [7, 11) is 3.48. The summed E-state index contributed by atoms with van der Waals surface area (Å²) in [4.78, 5) is 13.9. The van der Waals surface area contributed by atoms with Crippen molar-refractivity contribution in [2.45, 2.75) is 6.54 Å². The Bertz CT molecular complexity index is 620. The molecule has 2 rings (SSSR count). The number of ether oxygens (including phenoxy) is 1. The minimum Gasteiger partial charge on any atom is -0.383 e. The molecule has 5 heteroatoms. The van der Waals surface area contributed by atoms with Crippen molar-refractivity contribution in [2.24, 2.45) is 0 Å². The molecule has 130 valence electrons. The topological polar surface area (TPSA) is 41.6 Å². The Kier molecular flexibility index (Phi) is 9.08. The summed E-state index contributed by atoms with van der Waals surface area (Å²) in [5, 5.41) is 3.08. The first-order valence-electron chi connectivity index (χ1n) is 7.79. The van der Waals surface area contributed by atoms with Crippen LogP contribution in [-0.4, -0.2) is 44.7 Å². The first-order chi connectivity index (χ1) is 11.2. The first kappa shape index (κ1) is 20.2. The molecule has 0 spiro atoms. The molecule has 0 atom stereocenters. The normalized spacial score (nSPS) is 10.1. The average Bonchev–Trinajstić information content (AvgIpc) is 2.59. The summed E-state index contributed by atoms with van der Waals surface area (Å²) in [6.07, 6.45) is 0. The molecule has 2 aromatic carbocycles. The number of amides is 1. The molecule has 2 aromatic rings. The van der Waals surface area contributed by atoms with Gasteiger partial charge in [-0.3, -0.25) is 4.79 Å². The fourth-order valence-electron chi connectivity index (χ4n) is 2.41.